The molecule has 0 unspecified atom stereocenters. The van der Waals surface area contributed by atoms with E-state index in [2.05, 4.69) is 59.3 Å². The Kier molecular flexibility index (Phi) is 8.67. The summed E-state index contributed by atoms with van der Waals surface area (Å²) >= 11 is 6.32. The molecule has 35 heavy (non-hydrogen) atoms. The zero-order valence-corrected chi connectivity index (χ0v) is 21.3. The highest BCUT2D eigenvalue weighted by Crippen LogP contribution is 2.23. The smallest absolute Gasteiger partial charge is 0.262 e. The standard InChI is InChI=1S/C29H34ClN3O2/c1-3-22(2)23-8-14-27(15-9-23)35-21-29(34)31-25-10-12-26(13-11-25)33-18-16-32(17-19-33)20-24-6-4-5-7-28(24)30/h4-15,22H,3,16-21H2,1-2H3,(H,31,34)/t22-/m0/s1. The second kappa shape index (κ2) is 12.1. The average molecular weight is 492 g/mol. The molecule has 1 amide bonds. The first-order chi connectivity index (χ1) is 17.0. The van der Waals surface area contributed by atoms with Gasteiger partial charge in [-0.05, 0) is 65.9 Å². The predicted octanol–water partition coefficient (Wildman–Crippen LogP) is 6.19. The van der Waals surface area contributed by atoms with Crippen molar-refractivity contribution in [1.29, 1.82) is 0 Å². The minimum absolute atomic E-state index is 0.0161. The number of carbonyl (C=O) groups excluding carboxylic acids is 1. The van der Waals surface area contributed by atoms with Crippen LogP contribution in [-0.2, 0) is 11.3 Å². The van der Waals surface area contributed by atoms with Crippen molar-refractivity contribution in [3.8, 4) is 5.75 Å². The summed E-state index contributed by atoms with van der Waals surface area (Å²) in [7, 11) is 0. The van der Waals surface area contributed by atoms with Gasteiger partial charge in [0.1, 0.15) is 5.75 Å². The minimum Gasteiger partial charge on any atom is -0.484 e. The molecule has 4 rings (SSSR count). The van der Waals surface area contributed by atoms with Gasteiger partial charge in [-0.25, -0.2) is 0 Å². The van der Waals surface area contributed by atoms with Crippen LogP contribution in [0.25, 0.3) is 0 Å². The molecular weight excluding hydrogens is 458 g/mol. The molecule has 1 aliphatic heterocycles. The summed E-state index contributed by atoms with van der Waals surface area (Å²) in [6.07, 6.45) is 1.10. The van der Waals surface area contributed by atoms with Gasteiger partial charge >= 0.3 is 0 Å². The monoisotopic (exact) mass is 491 g/mol. The third-order valence-corrected chi connectivity index (χ3v) is 7.04. The summed E-state index contributed by atoms with van der Waals surface area (Å²) in [6, 6.07) is 24.1. The van der Waals surface area contributed by atoms with Crippen molar-refractivity contribution >= 4 is 28.9 Å². The van der Waals surface area contributed by atoms with Crippen molar-refractivity contribution < 1.29 is 9.53 Å². The Morgan fingerprint density at radius 1 is 0.971 bits per heavy atom. The van der Waals surface area contributed by atoms with Gasteiger partial charge in [-0.1, -0.05) is 55.8 Å². The van der Waals surface area contributed by atoms with Gasteiger partial charge in [-0.3, -0.25) is 9.69 Å². The van der Waals surface area contributed by atoms with E-state index in [-0.39, 0.29) is 12.5 Å². The fraction of sp³-hybridized carbons (Fsp3) is 0.345. The van der Waals surface area contributed by atoms with Crippen LogP contribution >= 0.6 is 11.6 Å². The Morgan fingerprint density at radius 2 is 1.66 bits per heavy atom. The molecule has 1 saturated heterocycles. The molecule has 1 N–H and O–H groups in total. The Bertz CT molecular complexity index is 1090. The molecule has 0 bridgehead atoms. The van der Waals surface area contributed by atoms with E-state index in [1.165, 1.54) is 11.1 Å². The first kappa shape index (κ1) is 25.1. The number of ether oxygens (including phenoxy) is 1. The Labute approximate surface area is 213 Å². The number of hydrogen-bond acceptors (Lipinski definition) is 4. The number of nitrogens with zero attached hydrogens (tertiary/aromatic N) is 2. The van der Waals surface area contributed by atoms with Crippen LogP contribution in [0.4, 0.5) is 11.4 Å². The molecule has 0 radical (unpaired) electrons. The molecule has 0 aliphatic carbocycles. The lowest BCUT2D eigenvalue weighted by Crippen LogP contribution is -2.46. The van der Waals surface area contributed by atoms with Gasteiger partial charge in [0.15, 0.2) is 6.61 Å². The summed E-state index contributed by atoms with van der Waals surface area (Å²) in [6.45, 7) is 9.13. The fourth-order valence-corrected chi connectivity index (χ4v) is 4.46. The van der Waals surface area contributed by atoms with E-state index in [4.69, 9.17) is 16.3 Å². The predicted molar refractivity (Wildman–Crippen MR) is 145 cm³/mol. The fourth-order valence-electron chi connectivity index (χ4n) is 4.26. The molecule has 0 aromatic heterocycles. The average Bonchev–Trinajstić information content (AvgIpc) is 2.89. The second-order valence-electron chi connectivity index (χ2n) is 9.12. The molecule has 184 valence electrons. The van der Waals surface area contributed by atoms with E-state index in [0.29, 0.717) is 11.7 Å². The van der Waals surface area contributed by atoms with E-state index in [1.807, 2.05) is 42.5 Å². The summed E-state index contributed by atoms with van der Waals surface area (Å²) < 4.78 is 5.65. The van der Waals surface area contributed by atoms with Crippen molar-refractivity contribution in [2.45, 2.75) is 32.7 Å². The Morgan fingerprint density at radius 3 is 2.31 bits per heavy atom. The molecule has 5 nitrogen and oxygen atoms in total. The Balaban J connectivity index is 1.22. The van der Waals surface area contributed by atoms with Crippen molar-refractivity contribution in [3.05, 3.63) is 88.9 Å². The van der Waals surface area contributed by atoms with Crippen LogP contribution in [0.3, 0.4) is 0 Å². The zero-order chi connectivity index (χ0) is 24.6. The SMILES string of the molecule is CC[C@H](C)c1ccc(OCC(=O)Nc2ccc(N3CCN(Cc4ccccc4Cl)CC3)cc2)cc1. The highest BCUT2D eigenvalue weighted by atomic mass is 35.5. The van der Waals surface area contributed by atoms with Gasteiger partial charge in [0.2, 0.25) is 0 Å². The lowest BCUT2D eigenvalue weighted by atomic mass is 9.99. The molecule has 0 spiro atoms. The molecule has 1 atom stereocenters. The highest BCUT2D eigenvalue weighted by molar-refractivity contribution is 6.31. The van der Waals surface area contributed by atoms with E-state index in [1.54, 1.807) is 0 Å². The van der Waals surface area contributed by atoms with E-state index in [9.17, 15) is 4.79 Å². The molecule has 1 fully saturated rings. The van der Waals surface area contributed by atoms with Gasteiger partial charge in [0, 0.05) is 49.1 Å². The summed E-state index contributed by atoms with van der Waals surface area (Å²) in [5.74, 6) is 1.06. The van der Waals surface area contributed by atoms with E-state index < -0.39 is 0 Å². The van der Waals surface area contributed by atoms with E-state index >= 15 is 0 Å². The largest absolute Gasteiger partial charge is 0.484 e. The number of carbonyl (C=O) groups is 1. The molecule has 3 aromatic rings. The van der Waals surface area contributed by atoms with Gasteiger partial charge in [0.25, 0.3) is 5.91 Å². The number of halogens is 1. The van der Waals surface area contributed by atoms with Crippen molar-refractivity contribution in [1.82, 2.24) is 4.90 Å². The van der Waals surface area contributed by atoms with Crippen molar-refractivity contribution in [3.63, 3.8) is 0 Å². The molecular formula is C29H34ClN3O2. The topological polar surface area (TPSA) is 44.8 Å². The normalized spacial score (nSPS) is 15.0. The first-order valence-corrected chi connectivity index (χ1v) is 12.7. The Hall–Kier alpha value is -3.02. The maximum absolute atomic E-state index is 12.3. The zero-order valence-electron chi connectivity index (χ0n) is 20.5. The summed E-state index contributed by atoms with van der Waals surface area (Å²) in [5.41, 5.74) is 4.39. The number of amides is 1. The first-order valence-electron chi connectivity index (χ1n) is 12.3. The van der Waals surface area contributed by atoms with Crippen LogP contribution in [0.1, 0.15) is 37.3 Å². The summed E-state index contributed by atoms with van der Waals surface area (Å²) in [4.78, 5) is 17.2. The number of piperazine rings is 1. The molecule has 1 aliphatic rings. The maximum Gasteiger partial charge on any atom is 0.262 e. The van der Waals surface area contributed by atoms with Gasteiger partial charge in [-0.2, -0.15) is 0 Å². The van der Waals surface area contributed by atoms with Crippen LogP contribution < -0.4 is 15.0 Å². The molecule has 6 heteroatoms. The lowest BCUT2D eigenvalue weighted by Gasteiger charge is -2.36. The summed E-state index contributed by atoms with van der Waals surface area (Å²) in [5, 5.41) is 3.75. The number of nitrogens with one attached hydrogen (secondary N) is 1. The van der Waals surface area contributed by atoms with Gasteiger partial charge in [-0.15, -0.1) is 0 Å². The maximum atomic E-state index is 12.3. The highest BCUT2D eigenvalue weighted by Gasteiger charge is 2.18. The molecule has 1 heterocycles. The van der Waals surface area contributed by atoms with Gasteiger partial charge < -0.3 is 15.0 Å². The third-order valence-electron chi connectivity index (χ3n) is 6.67. The van der Waals surface area contributed by atoms with Crippen LogP contribution in [0.2, 0.25) is 5.02 Å². The number of hydrogen-bond donors (Lipinski definition) is 1. The van der Waals surface area contributed by atoms with Crippen LogP contribution in [0.15, 0.2) is 72.8 Å². The molecule has 3 aromatic carbocycles. The minimum atomic E-state index is -0.170. The number of benzene rings is 3. The second-order valence-corrected chi connectivity index (χ2v) is 9.52. The van der Waals surface area contributed by atoms with Crippen LogP contribution in [0.5, 0.6) is 5.75 Å². The van der Waals surface area contributed by atoms with Crippen LogP contribution in [0, 0.1) is 0 Å². The van der Waals surface area contributed by atoms with Gasteiger partial charge in [0.05, 0.1) is 0 Å². The number of anilines is 2. The lowest BCUT2D eigenvalue weighted by molar-refractivity contribution is -0.118. The van der Waals surface area contributed by atoms with Crippen molar-refractivity contribution in [2.24, 2.45) is 0 Å². The van der Waals surface area contributed by atoms with Crippen molar-refractivity contribution in [2.75, 3.05) is 43.0 Å². The quantitative estimate of drug-likeness (QED) is 0.387. The molecule has 0 saturated carbocycles. The number of rotatable bonds is 9. The van der Waals surface area contributed by atoms with E-state index in [0.717, 1.165) is 55.5 Å². The van der Waals surface area contributed by atoms with Crippen LogP contribution in [-0.4, -0.2) is 43.6 Å². The third kappa shape index (κ3) is 7.00.